The van der Waals surface area contributed by atoms with Crippen LogP contribution in [0, 0.1) is 18.3 Å². The first-order valence-electron chi connectivity index (χ1n) is 6.57. The highest BCUT2D eigenvalue weighted by Crippen LogP contribution is 2.38. The van der Waals surface area contributed by atoms with Gasteiger partial charge in [0.25, 0.3) is 0 Å². The number of aromatic nitrogens is 1. The number of aryl methyl sites for hydroxylation is 1. The van der Waals surface area contributed by atoms with Crippen molar-refractivity contribution in [2.45, 2.75) is 27.2 Å². The predicted molar refractivity (Wildman–Crippen MR) is 77.0 cm³/mol. The van der Waals surface area contributed by atoms with Gasteiger partial charge in [0.2, 0.25) is 0 Å². The lowest BCUT2D eigenvalue weighted by atomic mass is 9.76. The van der Waals surface area contributed by atoms with Crippen LogP contribution in [0.4, 0.5) is 9.93 Å². The normalized spacial score (nSPS) is 22.3. The monoisotopic (exact) mass is 297 g/mol. The van der Waals surface area contributed by atoms with Crippen molar-refractivity contribution in [2.24, 2.45) is 11.3 Å². The Bertz CT molecular complexity index is 529. The summed E-state index contributed by atoms with van der Waals surface area (Å²) in [5, 5.41) is 12.7. The van der Waals surface area contributed by atoms with E-state index in [0.29, 0.717) is 18.1 Å². The van der Waals surface area contributed by atoms with Crippen LogP contribution in [-0.4, -0.2) is 40.1 Å². The van der Waals surface area contributed by atoms with Crippen molar-refractivity contribution in [3.05, 3.63) is 11.1 Å². The first-order chi connectivity index (χ1) is 9.35. The molecule has 110 valence electrons. The molecule has 7 heteroatoms. The van der Waals surface area contributed by atoms with Gasteiger partial charge in [0.05, 0.1) is 5.41 Å². The third-order valence-electron chi connectivity index (χ3n) is 3.95. The van der Waals surface area contributed by atoms with E-state index in [0.717, 1.165) is 4.88 Å². The molecule has 1 atom stereocenters. The summed E-state index contributed by atoms with van der Waals surface area (Å²) in [6, 6.07) is -0.275. The first kappa shape index (κ1) is 14.8. The summed E-state index contributed by atoms with van der Waals surface area (Å²) in [4.78, 5) is 30.3. The van der Waals surface area contributed by atoms with Crippen molar-refractivity contribution in [1.82, 2.24) is 9.88 Å². The molecular weight excluding hydrogens is 278 g/mol. The van der Waals surface area contributed by atoms with Crippen LogP contribution in [0.2, 0.25) is 0 Å². The number of carboxylic acid groups (broad SMARTS) is 1. The number of thiazole rings is 1. The van der Waals surface area contributed by atoms with Gasteiger partial charge < -0.3 is 10.0 Å². The van der Waals surface area contributed by atoms with Gasteiger partial charge >= 0.3 is 12.0 Å². The average Bonchev–Trinajstić information content (AvgIpc) is 2.96. The smallest absolute Gasteiger partial charge is 0.323 e. The Labute approximate surface area is 121 Å². The lowest BCUT2D eigenvalue weighted by Crippen LogP contribution is -2.41. The van der Waals surface area contributed by atoms with Gasteiger partial charge in [0.1, 0.15) is 0 Å². The van der Waals surface area contributed by atoms with Gasteiger partial charge in [-0.3, -0.25) is 10.1 Å². The number of anilines is 1. The van der Waals surface area contributed by atoms with Crippen LogP contribution in [-0.2, 0) is 4.79 Å². The van der Waals surface area contributed by atoms with E-state index in [9.17, 15) is 14.7 Å². The lowest BCUT2D eigenvalue weighted by molar-refractivity contribution is -0.150. The van der Waals surface area contributed by atoms with E-state index in [-0.39, 0.29) is 18.5 Å². The van der Waals surface area contributed by atoms with Crippen LogP contribution in [0.5, 0.6) is 0 Å². The number of nitrogens with zero attached hydrogens (tertiary/aromatic N) is 2. The maximum absolute atomic E-state index is 12.1. The van der Waals surface area contributed by atoms with Crippen molar-refractivity contribution in [3.8, 4) is 0 Å². The molecular formula is C13H19N3O3S. The van der Waals surface area contributed by atoms with Gasteiger partial charge in [-0.1, -0.05) is 13.8 Å². The fraction of sp³-hybridized carbons (Fsp3) is 0.615. The van der Waals surface area contributed by atoms with E-state index in [4.69, 9.17) is 0 Å². The number of aliphatic carboxylic acids is 1. The number of carboxylic acids is 1. The second-order valence-electron chi connectivity index (χ2n) is 5.49. The number of amides is 2. The van der Waals surface area contributed by atoms with Gasteiger partial charge in [-0.05, 0) is 19.3 Å². The highest BCUT2D eigenvalue weighted by atomic mass is 32.1. The fourth-order valence-corrected chi connectivity index (χ4v) is 3.14. The number of rotatable bonds is 3. The van der Waals surface area contributed by atoms with Crippen molar-refractivity contribution < 1.29 is 14.7 Å². The molecule has 1 aliphatic rings. The summed E-state index contributed by atoms with van der Waals surface area (Å²) in [5.74, 6) is -0.840. The van der Waals surface area contributed by atoms with Crippen LogP contribution in [0.25, 0.3) is 0 Å². The quantitative estimate of drug-likeness (QED) is 0.897. The van der Waals surface area contributed by atoms with E-state index in [1.165, 1.54) is 11.3 Å². The molecule has 0 spiro atoms. The molecule has 1 aromatic heterocycles. The topological polar surface area (TPSA) is 82.5 Å². The van der Waals surface area contributed by atoms with Crippen molar-refractivity contribution in [3.63, 3.8) is 0 Å². The molecule has 0 aromatic carbocycles. The Balaban J connectivity index is 2.05. The maximum atomic E-state index is 12.1. The molecule has 0 saturated carbocycles. The predicted octanol–water partition coefficient (Wildman–Crippen LogP) is 2.42. The van der Waals surface area contributed by atoms with Gasteiger partial charge in [0.15, 0.2) is 5.13 Å². The van der Waals surface area contributed by atoms with Crippen molar-refractivity contribution in [1.29, 1.82) is 0 Å². The number of nitrogens with one attached hydrogen (secondary N) is 1. The highest BCUT2D eigenvalue weighted by molar-refractivity contribution is 7.15. The third-order valence-corrected chi connectivity index (χ3v) is 4.78. The van der Waals surface area contributed by atoms with E-state index in [1.807, 2.05) is 20.8 Å². The SMILES string of the molecule is Cc1cnc(NC(=O)N2CCC(C(=O)O)(C(C)C)C2)s1. The number of likely N-dealkylation sites (tertiary alicyclic amines) is 1. The van der Waals surface area contributed by atoms with Crippen molar-refractivity contribution >= 4 is 28.5 Å². The number of carbonyl (C=O) groups excluding carboxylic acids is 1. The molecule has 1 unspecified atom stereocenters. The molecule has 2 heterocycles. The van der Waals surface area contributed by atoms with Crippen LogP contribution >= 0.6 is 11.3 Å². The van der Waals surface area contributed by atoms with Gasteiger partial charge in [-0.15, -0.1) is 11.3 Å². The molecule has 1 fully saturated rings. The molecule has 2 amide bonds. The Morgan fingerprint density at radius 2 is 2.25 bits per heavy atom. The standard InChI is InChI=1S/C13H19N3O3S/c1-8(2)13(10(17)18)4-5-16(7-13)12(19)15-11-14-6-9(3)20-11/h6,8H,4-5,7H2,1-3H3,(H,17,18)(H,14,15,19). The number of urea groups is 1. The molecule has 1 saturated heterocycles. The average molecular weight is 297 g/mol. The summed E-state index contributed by atoms with van der Waals surface area (Å²) in [7, 11) is 0. The fourth-order valence-electron chi connectivity index (χ4n) is 2.48. The molecule has 20 heavy (non-hydrogen) atoms. The van der Waals surface area contributed by atoms with Gasteiger partial charge in [0, 0.05) is 24.2 Å². The Kier molecular flexibility index (Phi) is 3.99. The number of hydrogen-bond donors (Lipinski definition) is 2. The lowest BCUT2D eigenvalue weighted by Gasteiger charge is -2.28. The first-order valence-corrected chi connectivity index (χ1v) is 7.38. The summed E-state index contributed by atoms with van der Waals surface area (Å²) >= 11 is 1.40. The molecule has 6 nitrogen and oxygen atoms in total. The summed E-state index contributed by atoms with van der Waals surface area (Å²) in [6.45, 7) is 6.40. The molecule has 0 aliphatic carbocycles. The Morgan fingerprint density at radius 1 is 1.55 bits per heavy atom. The Morgan fingerprint density at radius 3 is 2.70 bits per heavy atom. The van der Waals surface area contributed by atoms with E-state index in [1.54, 1.807) is 11.1 Å². The minimum absolute atomic E-state index is 0.0140. The second-order valence-corrected chi connectivity index (χ2v) is 6.73. The van der Waals surface area contributed by atoms with E-state index in [2.05, 4.69) is 10.3 Å². The number of hydrogen-bond acceptors (Lipinski definition) is 4. The zero-order valence-corrected chi connectivity index (χ0v) is 12.7. The van der Waals surface area contributed by atoms with Crippen LogP contribution in [0.3, 0.4) is 0 Å². The van der Waals surface area contributed by atoms with Crippen LogP contribution < -0.4 is 5.32 Å². The second kappa shape index (κ2) is 5.40. The summed E-state index contributed by atoms with van der Waals surface area (Å²) in [5.41, 5.74) is -0.837. The molecule has 0 bridgehead atoms. The Hall–Kier alpha value is -1.63. The van der Waals surface area contributed by atoms with Crippen molar-refractivity contribution in [2.75, 3.05) is 18.4 Å². The molecule has 0 radical (unpaired) electrons. The minimum atomic E-state index is -0.837. The van der Waals surface area contributed by atoms with Gasteiger partial charge in [-0.2, -0.15) is 0 Å². The molecule has 2 rings (SSSR count). The largest absolute Gasteiger partial charge is 0.481 e. The van der Waals surface area contributed by atoms with Gasteiger partial charge in [-0.25, -0.2) is 9.78 Å². The maximum Gasteiger partial charge on any atom is 0.323 e. The zero-order valence-electron chi connectivity index (χ0n) is 11.8. The van der Waals surface area contributed by atoms with Crippen LogP contribution in [0.15, 0.2) is 6.20 Å². The number of carbonyl (C=O) groups is 2. The molecule has 1 aliphatic heterocycles. The zero-order chi connectivity index (χ0) is 14.9. The summed E-state index contributed by atoms with van der Waals surface area (Å²) < 4.78 is 0. The third kappa shape index (κ3) is 2.63. The molecule has 1 aromatic rings. The summed E-state index contributed by atoms with van der Waals surface area (Å²) in [6.07, 6.45) is 2.18. The van der Waals surface area contributed by atoms with Crippen LogP contribution in [0.1, 0.15) is 25.1 Å². The van der Waals surface area contributed by atoms with E-state index < -0.39 is 11.4 Å². The minimum Gasteiger partial charge on any atom is -0.481 e. The van der Waals surface area contributed by atoms with E-state index >= 15 is 0 Å². The highest BCUT2D eigenvalue weighted by Gasteiger charge is 2.48. The molecule has 2 N–H and O–H groups in total.